The Balaban J connectivity index is 2.34. The van der Waals surface area contributed by atoms with Gasteiger partial charge in [-0.15, -0.1) is 11.3 Å². The van der Waals surface area contributed by atoms with Crippen LogP contribution < -0.4 is 10.6 Å². The first-order chi connectivity index (χ1) is 8.96. The quantitative estimate of drug-likeness (QED) is 0.808. The number of aryl methyl sites for hydroxylation is 1. The third-order valence-electron chi connectivity index (χ3n) is 3.02. The number of sulfonamides is 1. The molecule has 0 bridgehead atoms. The summed E-state index contributed by atoms with van der Waals surface area (Å²) in [6.07, 6.45) is 0. The topological polar surface area (TPSA) is 78.5 Å². The van der Waals surface area contributed by atoms with Gasteiger partial charge >= 0.3 is 0 Å². The molecule has 1 aliphatic heterocycles. The normalized spacial score (nSPS) is 21.3. The van der Waals surface area contributed by atoms with Crippen LogP contribution in [-0.4, -0.2) is 51.4 Å². The van der Waals surface area contributed by atoms with Crippen LogP contribution in [-0.2, 0) is 14.8 Å². The van der Waals surface area contributed by atoms with E-state index in [1.54, 1.807) is 12.1 Å². The smallest absolute Gasteiger partial charge is 0.253 e. The third-order valence-corrected chi connectivity index (χ3v) is 6.40. The van der Waals surface area contributed by atoms with E-state index in [0.717, 1.165) is 4.88 Å². The van der Waals surface area contributed by atoms with Gasteiger partial charge < -0.3 is 10.6 Å². The molecule has 6 nitrogen and oxygen atoms in total. The van der Waals surface area contributed by atoms with E-state index in [9.17, 15) is 13.2 Å². The van der Waals surface area contributed by atoms with E-state index in [4.69, 9.17) is 0 Å². The molecule has 19 heavy (non-hydrogen) atoms. The molecular formula is C11H17N3O3S2. The highest BCUT2D eigenvalue weighted by Gasteiger charge is 2.37. The number of rotatable bonds is 3. The van der Waals surface area contributed by atoms with E-state index in [1.165, 1.54) is 22.7 Å². The second kappa shape index (κ2) is 5.58. The van der Waals surface area contributed by atoms with E-state index in [2.05, 4.69) is 10.6 Å². The molecule has 2 heterocycles. The first kappa shape index (κ1) is 14.4. The predicted octanol–water partition coefficient (Wildman–Crippen LogP) is -0.235. The molecule has 106 valence electrons. The Morgan fingerprint density at radius 2 is 2.26 bits per heavy atom. The van der Waals surface area contributed by atoms with E-state index in [1.807, 2.05) is 6.92 Å². The van der Waals surface area contributed by atoms with Gasteiger partial charge in [-0.05, 0) is 19.1 Å². The first-order valence-electron chi connectivity index (χ1n) is 5.97. The predicted molar refractivity (Wildman–Crippen MR) is 73.7 cm³/mol. The van der Waals surface area contributed by atoms with E-state index < -0.39 is 16.1 Å². The highest BCUT2D eigenvalue weighted by atomic mass is 32.2. The maximum Gasteiger partial charge on any atom is 0.253 e. The lowest BCUT2D eigenvalue weighted by Crippen LogP contribution is -2.58. The van der Waals surface area contributed by atoms with Crippen molar-refractivity contribution < 1.29 is 13.2 Å². The van der Waals surface area contributed by atoms with Gasteiger partial charge in [-0.3, -0.25) is 4.79 Å². The van der Waals surface area contributed by atoms with Gasteiger partial charge in [0.2, 0.25) is 5.91 Å². The molecule has 1 amide bonds. The average Bonchev–Trinajstić information content (AvgIpc) is 2.85. The van der Waals surface area contributed by atoms with E-state index in [-0.39, 0.29) is 5.91 Å². The van der Waals surface area contributed by atoms with Gasteiger partial charge in [-0.1, -0.05) is 0 Å². The Kier molecular flexibility index (Phi) is 4.24. The summed E-state index contributed by atoms with van der Waals surface area (Å²) >= 11 is 1.23. The number of carbonyl (C=O) groups excluding carboxylic acids is 1. The van der Waals surface area contributed by atoms with Gasteiger partial charge in [0.15, 0.2) is 0 Å². The van der Waals surface area contributed by atoms with Crippen molar-refractivity contribution in [2.75, 3.05) is 26.7 Å². The molecule has 2 N–H and O–H groups in total. The third kappa shape index (κ3) is 2.81. The summed E-state index contributed by atoms with van der Waals surface area (Å²) in [4.78, 5) is 12.7. The maximum absolute atomic E-state index is 12.6. The van der Waals surface area contributed by atoms with Crippen LogP contribution in [0.4, 0.5) is 0 Å². The van der Waals surface area contributed by atoms with Crippen LogP contribution in [0.25, 0.3) is 0 Å². The number of amides is 1. The molecule has 8 heteroatoms. The van der Waals surface area contributed by atoms with Crippen LogP contribution in [0.5, 0.6) is 0 Å². The fourth-order valence-electron chi connectivity index (χ4n) is 2.03. The molecular weight excluding hydrogens is 286 g/mol. The van der Waals surface area contributed by atoms with Crippen molar-refractivity contribution in [3.05, 3.63) is 17.0 Å². The fourth-order valence-corrected chi connectivity index (χ4v) is 5.03. The Morgan fingerprint density at radius 1 is 1.53 bits per heavy atom. The number of nitrogens with zero attached hydrogens (tertiary/aromatic N) is 1. The Labute approximate surface area is 116 Å². The lowest BCUT2D eigenvalue weighted by molar-refractivity contribution is -0.124. The number of hydrogen-bond acceptors (Lipinski definition) is 5. The molecule has 1 atom stereocenters. The maximum atomic E-state index is 12.6. The largest absolute Gasteiger partial charge is 0.358 e. The summed E-state index contributed by atoms with van der Waals surface area (Å²) in [5.41, 5.74) is 0. The molecule has 1 unspecified atom stereocenters. The second-order valence-corrected chi connectivity index (χ2v) is 7.72. The summed E-state index contributed by atoms with van der Waals surface area (Å²) in [6.45, 7) is 3.05. The Morgan fingerprint density at radius 3 is 2.84 bits per heavy atom. The fraction of sp³-hybridized carbons (Fsp3) is 0.545. The number of likely N-dealkylation sites (N-methyl/N-ethyl adjacent to an activating group) is 1. The number of nitrogens with one attached hydrogen (secondary N) is 2. The van der Waals surface area contributed by atoms with Gasteiger partial charge in [0.05, 0.1) is 0 Å². The van der Waals surface area contributed by atoms with Gasteiger partial charge in [-0.2, -0.15) is 4.31 Å². The lowest BCUT2D eigenvalue weighted by atomic mass is 10.2. The van der Waals surface area contributed by atoms with Crippen LogP contribution in [0.2, 0.25) is 0 Å². The van der Waals surface area contributed by atoms with Gasteiger partial charge in [0, 0.05) is 31.6 Å². The molecule has 0 spiro atoms. The number of thiophene rings is 1. The first-order valence-corrected chi connectivity index (χ1v) is 8.23. The van der Waals surface area contributed by atoms with Crippen LogP contribution >= 0.6 is 11.3 Å². The molecule has 0 saturated carbocycles. The zero-order valence-corrected chi connectivity index (χ0v) is 12.5. The molecule has 0 aromatic carbocycles. The number of piperazine rings is 1. The minimum atomic E-state index is -3.59. The molecule has 1 aromatic rings. The van der Waals surface area contributed by atoms with Crippen molar-refractivity contribution in [3.63, 3.8) is 0 Å². The van der Waals surface area contributed by atoms with Crippen molar-refractivity contribution in [2.45, 2.75) is 17.2 Å². The molecule has 0 aliphatic carbocycles. The minimum Gasteiger partial charge on any atom is -0.358 e. The van der Waals surface area contributed by atoms with Crippen molar-refractivity contribution in [3.8, 4) is 0 Å². The van der Waals surface area contributed by atoms with E-state index >= 15 is 0 Å². The zero-order chi connectivity index (χ0) is 14.0. The van der Waals surface area contributed by atoms with Crippen molar-refractivity contribution in [1.82, 2.24) is 14.9 Å². The second-order valence-electron chi connectivity index (χ2n) is 4.32. The summed E-state index contributed by atoms with van der Waals surface area (Å²) in [5.74, 6) is -0.288. The monoisotopic (exact) mass is 303 g/mol. The van der Waals surface area contributed by atoms with Crippen molar-refractivity contribution >= 4 is 27.3 Å². The summed E-state index contributed by atoms with van der Waals surface area (Å²) < 4.78 is 26.7. The summed E-state index contributed by atoms with van der Waals surface area (Å²) in [7, 11) is -2.08. The minimum absolute atomic E-state index is 0.288. The lowest BCUT2D eigenvalue weighted by Gasteiger charge is -2.33. The van der Waals surface area contributed by atoms with Gasteiger partial charge in [0.1, 0.15) is 10.3 Å². The van der Waals surface area contributed by atoms with Crippen molar-refractivity contribution in [1.29, 1.82) is 0 Å². The molecule has 2 rings (SSSR count). The SMILES string of the molecule is CNC(=O)C1CNCCN1S(=O)(=O)c1ccc(C)s1. The number of hydrogen-bond donors (Lipinski definition) is 2. The molecule has 1 fully saturated rings. The van der Waals surface area contributed by atoms with Gasteiger partial charge in [-0.25, -0.2) is 8.42 Å². The van der Waals surface area contributed by atoms with Crippen LogP contribution in [0, 0.1) is 6.92 Å². The molecule has 1 saturated heterocycles. The summed E-state index contributed by atoms with van der Waals surface area (Å²) in [5, 5.41) is 5.56. The highest BCUT2D eigenvalue weighted by Crippen LogP contribution is 2.26. The van der Waals surface area contributed by atoms with Gasteiger partial charge in [0.25, 0.3) is 10.0 Å². The van der Waals surface area contributed by atoms with Crippen LogP contribution in [0.1, 0.15) is 4.88 Å². The van der Waals surface area contributed by atoms with Crippen LogP contribution in [0.15, 0.2) is 16.3 Å². The average molecular weight is 303 g/mol. The molecule has 1 aliphatic rings. The Hall–Kier alpha value is -0.960. The van der Waals surface area contributed by atoms with Crippen LogP contribution in [0.3, 0.4) is 0 Å². The number of carbonyl (C=O) groups is 1. The zero-order valence-electron chi connectivity index (χ0n) is 10.8. The Bertz CT molecular complexity index is 567. The molecule has 1 aromatic heterocycles. The van der Waals surface area contributed by atoms with Crippen molar-refractivity contribution in [2.24, 2.45) is 0 Å². The standard InChI is InChI=1S/C11H17N3O3S2/c1-8-3-4-10(18-8)19(16,17)14-6-5-13-7-9(14)11(15)12-2/h3-4,9,13H,5-7H2,1-2H3,(H,12,15). The molecule has 0 radical (unpaired) electrons. The van der Waals surface area contributed by atoms with E-state index in [0.29, 0.717) is 23.8 Å². The summed E-state index contributed by atoms with van der Waals surface area (Å²) in [6, 6.07) is 2.68. The highest BCUT2D eigenvalue weighted by molar-refractivity contribution is 7.91.